The summed E-state index contributed by atoms with van der Waals surface area (Å²) in [6, 6.07) is 6.42. The Labute approximate surface area is 195 Å². The van der Waals surface area contributed by atoms with Crippen LogP contribution in [0.1, 0.15) is 37.7 Å². The molecule has 34 heavy (non-hydrogen) atoms. The number of benzene rings is 1. The molecule has 0 saturated carbocycles. The molecule has 2 amide bonds. The van der Waals surface area contributed by atoms with Gasteiger partial charge >= 0.3 is 5.97 Å². The van der Waals surface area contributed by atoms with Gasteiger partial charge in [0.1, 0.15) is 5.75 Å². The molecule has 0 spiro atoms. The van der Waals surface area contributed by atoms with Gasteiger partial charge in [-0.25, -0.2) is 0 Å². The van der Waals surface area contributed by atoms with Crippen molar-refractivity contribution in [1.29, 1.82) is 0 Å². The molecule has 0 aromatic heterocycles. The summed E-state index contributed by atoms with van der Waals surface area (Å²) in [7, 11) is 0. The average Bonchev–Trinajstić information content (AvgIpc) is 3.05. The van der Waals surface area contributed by atoms with Gasteiger partial charge in [0.15, 0.2) is 11.6 Å². The summed E-state index contributed by atoms with van der Waals surface area (Å²) in [4.78, 5) is 64.6. The number of carboxylic acids is 1. The maximum absolute atomic E-state index is 13.3. The second-order valence-electron chi connectivity index (χ2n) is 9.29. The van der Waals surface area contributed by atoms with Crippen LogP contribution in [0.4, 0.5) is 0 Å². The van der Waals surface area contributed by atoms with Crippen LogP contribution >= 0.6 is 0 Å². The van der Waals surface area contributed by atoms with Gasteiger partial charge in [-0.05, 0) is 49.5 Å². The Balaban J connectivity index is 1.61. The molecule has 4 aliphatic rings. The first-order valence-corrected chi connectivity index (χ1v) is 11.2. The lowest BCUT2D eigenvalue weighted by Gasteiger charge is -2.42. The van der Waals surface area contributed by atoms with E-state index in [1.54, 1.807) is 19.1 Å². The molecular weight excluding hydrogens is 438 g/mol. The third-order valence-corrected chi connectivity index (χ3v) is 7.43. The lowest BCUT2D eigenvalue weighted by Crippen LogP contribution is -2.40. The van der Waals surface area contributed by atoms with Crippen molar-refractivity contribution in [2.45, 2.75) is 32.1 Å². The second-order valence-corrected chi connectivity index (χ2v) is 9.29. The molecule has 3 aliphatic carbocycles. The number of ketones is 2. The summed E-state index contributed by atoms with van der Waals surface area (Å²) < 4.78 is 0. The quantitative estimate of drug-likeness (QED) is 0.400. The number of hydrogen-bond donors (Lipinski definition) is 2. The number of fused-ring (bicyclic) bond motifs is 3. The molecule has 0 radical (unpaired) electrons. The number of phenols is 1. The number of amides is 2. The number of Topliss-reactive ketones (excluding diaryl/α,β-unsaturated/α-hetero) is 1. The fraction of sp³-hybridized carbons (Fsp3) is 0.346. The van der Waals surface area contributed by atoms with Gasteiger partial charge in [-0.2, -0.15) is 0 Å². The van der Waals surface area contributed by atoms with Crippen molar-refractivity contribution in [1.82, 2.24) is 4.90 Å². The number of nitrogens with zero attached hydrogens (tertiary/aromatic N) is 1. The van der Waals surface area contributed by atoms with E-state index in [2.05, 4.69) is 0 Å². The Kier molecular flexibility index (Phi) is 5.11. The molecule has 8 heteroatoms. The zero-order chi connectivity index (χ0) is 24.3. The Morgan fingerprint density at radius 1 is 1.06 bits per heavy atom. The number of allylic oxidation sites excluding steroid dienone is 6. The number of imide groups is 1. The number of carbonyl (C=O) groups excluding carboxylic acids is 4. The van der Waals surface area contributed by atoms with Gasteiger partial charge in [0, 0.05) is 29.2 Å². The molecule has 4 atom stereocenters. The second kappa shape index (κ2) is 7.90. The molecule has 1 aromatic carbocycles. The van der Waals surface area contributed by atoms with Crippen molar-refractivity contribution in [3.05, 3.63) is 64.3 Å². The van der Waals surface area contributed by atoms with Gasteiger partial charge in [0.2, 0.25) is 11.8 Å². The highest BCUT2D eigenvalue weighted by Crippen LogP contribution is 2.55. The first-order valence-electron chi connectivity index (χ1n) is 11.2. The van der Waals surface area contributed by atoms with Crippen molar-refractivity contribution in [3.8, 4) is 5.75 Å². The SMILES string of the molecule is CC1=CC(=O)C2=C(C[C@@H]3C(=CC[C@@H]4C(=O)N(CCC(=O)O)C(=O)[C@@H]43)[C@@H]2c2ccc(O)cc2)C1=O. The number of carboxylic acid groups (broad SMARTS) is 1. The Morgan fingerprint density at radius 3 is 2.44 bits per heavy atom. The number of likely N-dealkylation sites (tertiary alicyclic amines) is 1. The molecule has 1 aromatic rings. The maximum atomic E-state index is 13.3. The molecule has 5 rings (SSSR count). The van der Waals surface area contributed by atoms with Crippen molar-refractivity contribution >= 4 is 29.4 Å². The van der Waals surface area contributed by atoms with E-state index < -0.39 is 35.5 Å². The van der Waals surface area contributed by atoms with Crippen LogP contribution in [-0.2, 0) is 24.0 Å². The lowest BCUT2D eigenvalue weighted by molar-refractivity contribution is -0.142. The fourth-order valence-corrected chi connectivity index (χ4v) is 5.92. The van der Waals surface area contributed by atoms with E-state index in [0.29, 0.717) is 28.7 Å². The third-order valence-electron chi connectivity index (χ3n) is 7.43. The highest BCUT2D eigenvalue weighted by Gasteiger charge is 2.56. The van der Waals surface area contributed by atoms with Gasteiger partial charge in [-0.1, -0.05) is 23.8 Å². The molecule has 1 saturated heterocycles. The zero-order valence-corrected chi connectivity index (χ0v) is 18.5. The zero-order valence-electron chi connectivity index (χ0n) is 18.5. The highest BCUT2D eigenvalue weighted by molar-refractivity contribution is 6.23. The van der Waals surface area contributed by atoms with Crippen LogP contribution in [0.3, 0.4) is 0 Å². The number of aliphatic carboxylic acids is 1. The monoisotopic (exact) mass is 461 g/mol. The summed E-state index contributed by atoms with van der Waals surface area (Å²) in [6.45, 7) is 1.41. The smallest absolute Gasteiger partial charge is 0.305 e. The fourth-order valence-electron chi connectivity index (χ4n) is 5.92. The number of phenolic OH excluding ortho intramolecular Hbond substituents is 1. The Hall–Kier alpha value is -3.81. The van der Waals surface area contributed by atoms with Crippen LogP contribution in [0.2, 0.25) is 0 Å². The first-order chi connectivity index (χ1) is 16.2. The van der Waals surface area contributed by atoms with E-state index in [1.165, 1.54) is 18.2 Å². The summed E-state index contributed by atoms with van der Waals surface area (Å²) in [5.41, 5.74) is 2.64. The molecular formula is C26H23NO7. The molecule has 174 valence electrons. The predicted octanol–water partition coefficient (Wildman–Crippen LogP) is 2.30. The lowest BCUT2D eigenvalue weighted by atomic mass is 9.59. The van der Waals surface area contributed by atoms with E-state index in [-0.39, 0.29) is 42.6 Å². The minimum absolute atomic E-state index is 0.0652. The van der Waals surface area contributed by atoms with Crippen LogP contribution in [-0.4, -0.2) is 51.0 Å². The standard InChI is InChI=1S/C26H23NO7/c1-12-10-19(29)23-18(24(12)32)11-17-15(21(23)13-2-4-14(28)5-3-13)6-7-16-22(17)26(34)27(25(16)33)9-8-20(30)31/h2-6,10,16-17,21-22,28H,7-9,11H2,1H3,(H,30,31)/t16-,17+,21-,22-/m0/s1. The summed E-state index contributed by atoms with van der Waals surface area (Å²) in [5, 5.41) is 18.8. The molecule has 0 unspecified atom stereocenters. The van der Waals surface area contributed by atoms with E-state index in [9.17, 15) is 29.1 Å². The van der Waals surface area contributed by atoms with Crippen LogP contribution in [0.25, 0.3) is 0 Å². The molecule has 1 heterocycles. The third kappa shape index (κ3) is 3.24. The minimum atomic E-state index is -1.09. The maximum Gasteiger partial charge on any atom is 0.305 e. The summed E-state index contributed by atoms with van der Waals surface area (Å²) in [6.07, 6.45) is 3.41. The van der Waals surface area contributed by atoms with E-state index in [0.717, 1.165) is 10.5 Å². The summed E-state index contributed by atoms with van der Waals surface area (Å²) >= 11 is 0. The normalized spacial score (nSPS) is 28.3. The highest BCUT2D eigenvalue weighted by atomic mass is 16.4. The van der Waals surface area contributed by atoms with Gasteiger partial charge in [-0.15, -0.1) is 0 Å². The number of aromatic hydroxyl groups is 1. The molecule has 2 N–H and O–H groups in total. The van der Waals surface area contributed by atoms with Gasteiger partial charge in [-0.3, -0.25) is 28.9 Å². The average molecular weight is 461 g/mol. The summed E-state index contributed by atoms with van der Waals surface area (Å²) in [5.74, 6) is -4.64. The minimum Gasteiger partial charge on any atom is -0.508 e. The molecule has 1 aliphatic heterocycles. The van der Waals surface area contributed by atoms with Gasteiger partial charge < -0.3 is 10.2 Å². The molecule has 8 nitrogen and oxygen atoms in total. The van der Waals surface area contributed by atoms with Crippen molar-refractivity contribution in [3.63, 3.8) is 0 Å². The van der Waals surface area contributed by atoms with Crippen molar-refractivity contribution < 1.29 is 34.2 Å². The van der Waals surface area contributed by atoms with Crippen LogP contribution < -0.4 is 0 Å². The topological polar surface area (TPSA) is 129 Å². The number of rotatable bonds is 4. The molecule has 1 fully saturated rings. The van der Waals surface area contributed by atoms with E-state index in [1.807, 2.05) is 6.08 Å². The largest absolute Gasteiger partial charge is 0.508 e. The van der Waals surface area contributed by atoms with Crippen LogP contribution in [0, 0.1) is 17.8 Å². The Morgan fingerprint density at radius 2 is 1.76 bits per heavy atom. The molecule has 0 bridgehead atoms. The van der Waals surface area contributed by atoms with Crippen LogP contribution in [0.15, 0.2) is 58.7 Å². The number of hydrogen-bond acceptors (Lipinski definition) is 6. The predicted molar refractivity (Wildman–Crippen MR) is 118 cm³/mol. The first kappa shape index (κ1) is 22.0. The van der Waals surface area contributed by atoms with E-state index >= 15 is 0 Å². The van der Waals surface area contributed by atoms with Crippen LogP contribution in [0.5, 0.6) is 5.75 Å². The van der Waals surface area contributed by atoms with E-state index in [4.69, 9.17) is 5.11 Å². The van der Waals surface area contributed by atoms with Gasteiger partial charge in [0.05, 0.1) is 18.3 Å². The Bertz CT molecular complexity index is 1250. The van der Waals surface area contributed by atoms with Crippen molar-refractivity contribution in [2.75, 3.05) is 6.54 Å². The number of carbonyl (C=O) groups is 5. The van der Waals surface area contributed by atoms with Crippen molar-refractivity contribution in [2.24, 2.45) is 17.8 Å². The van der Waals surface area contributed by atoms with Gasteiger partial charge in [0.25, 0.3) is 0 Å².